The van der Waals surface area contributed by atoms with Gasteiger partial charge < -0.3 is 0 Å². The zero-order valence-corrected chi connectivity index (χ0v) is 17.6. The highest BCUT2D eigenvalue weighted by Gasteiger charge is 2.25. The Hall–Kier alpha value is -3.02. The Labute approximate surface area is 176 Å². The van der Waals surface area contributed by atoms with Crippen molar-refractivity contribution in [2.75, 3.05) is 0 Å². The molecule has 0 N–H and O–H groups in total. The number of nitriles is 1. The average Bonchev–Trinajstić information content (AvgIpc) is 3.08. The molecule has 3 aromatic rings. The number of non-ortho nitro benzene ring substituents is 1. The number of nitro benzene ring substituents is 1. The average molecular weight is 424 g/mol. The second-order valence-corrected chi connectivity index (χ2v) is 9.60. The molecule has 2 aromatic carbocycles. The lowest BCUT2D eigenvalue weighted by molar-refractivity contribution is -0.384. The molecule has 0 aliphatic rings. The van der Waals surface area contributed by atoms with Crippen LogP contribution in [-0.4, -0.2) is 15.7 Å². The fourth-order valence-electron chi connectivity index (χ4n) is 2.55. The summed E-state index contributed by atoms with van der Waals surface area (Å²) in [5.41, 5.74) is 0.439. The maximum atomic E-state index is 12.6. The van der Waals surface area contributed by atoms with E-state index in [0.29, 0.717) is 10.5 Å². The van der Waals surface area contributed by atoms with Crippen LogP contribution >= 0.6 is 23.1 Å². The Balaban J connectivity index is 2.07. The molecule has 0 fully saturated rings. The monoisotopic (exact) mass is 423 g/mol. The lowest BCUT2D eigenvalue weighted by Crippen LogP contribution is -2.21. The largest absolute Gasteiger partial charge is 0.293 e. The standard InChI is InChI=1S/C21H17N3O3S2/c1-21(2,3)19(25)14(12-22)10-13-11-15(24(26)27)8-9-17(13)28-20-23-16-6-4-5-7-18(16)29-20/h4-11H,1-3H3/b14-10-. The Morgan fingerprint density at radius 1 is 1.28 bits per heavy atom. The first kappa shape index (κ1) is 20.7. The van der Waals surface area contributed by atoms with Crippen LogP contribution in [0.4, 0.5) is 5.69 Å². The van der Waals surface area contributed by atoms with Gasteiger partial charge in [-0.1, -0.05) is 44.7 Å². The van der Waals surface area contributed by atoms with Crippen LogP contribution in [-0.2, 0) is 4.79 Å². The highest BCUT2D eigenvalue weighted by Crippen LogP contribution is 2.38. The molecule has 0 spiro atoms. The van der Waals surface area contributed by atoms with Crippen LogP contribution in [0.5, 0.6) is 0 Å². The first-order valence-electron chi connectivity index (χ1n) is 8.67. The van der Waals surface area contributed by atoms with Gasteiger partial charge in [-0.3, -0.25) is 14.9 Å². The molecule has 0 saturated heterocycles. The van der Waals surface area contributed by atoms with E-state index in [9.17, 15) is 20.2 Å². The van der Waals surface area contributed by atoms with E-state index in [0.717, 1.165) is 14.6 Å². The molecule has 0 aliphatic carbocycles. The van der Waals surface area contributed by atoms with E-state index in [4.69, 9.17) is 0 Å². The predicted octanol–water partition coefficient (Wildman–Crippen LogP) is 5.88. The Morgan fingerprint density at radius 3 is 2.62 bits per heavy atom. The zero-order chi connectivity index (χ0) is 21.2. The van der Waals surface area contributed by atoms with Gasteiger partial charge >= 0.3 is 0 Å². The summed E-state index contributed by atoms with van der Waals surface area (Å²) in [6, 6.07) is 14.1. The molecular weight excluding hydrogens is 406 g/mol. The van der Waals surface area contributed by atoms with E-state index in [1.807, 2.05) is 30.3 Å². The van der Waals surface area contributed by atoms with Crippen LogP contribution in [0, 0.1) is 26.9 Å². The number of fused-ring (bicyclic) bond motifs is 1. The topological polar surface area (TPSA) is 96.9 Å². The second kappa shape index (κ2) is 8.15. The lowest BCUT2D eigenvalue weighted by Gasteiger charge is -2.15. The number of hydrogen-bond acceptors (Lipinski definition) is 7. The summed E-state index contributed by atoms with van der Waals surface area (Å²) in [5, 5.41) is 20.7. The second-order valence-electron chi connectivity index (χ2n) is 7.28. The van der Waals surface area contributed by atoms with Crippen molar-refractivity contribution >= 4 is 50.9 Å². The maximum absolute atomic E-state index is 12.6. The molecular formula is C21H17N3O3S2. The summed E-state index contributed by atoms with van der Waals surface area (Å²) in [7, 11) is 0. The Morgan fingerprint density at radius 2 is 2.00 bits per heavy atom. The number of benzene rings is 2. The summed E-state index contributed by atoms with van der Waals surface area (Å²) >= 11 is 2.86. The van der Waals surface area contributed by atoms with E-state index in [2.05, 4.69) is 4.98 Å². The molecule has 0 atom stereocenters. The number of carbonyl (C=O) groups is 1. The van der Waals surface area contributed by atoms with Gasteiger partial charge in [-0.15, -0.1) is 11.3 Å². The molecule has 3 rings (SSSR count). The van der Waals surface area contributed by atoms with Gasteiger partial charge in [0, 0.05) is 22.4 Å². The third kappa shape index (κ3) is 4.70. The van der Waals surface area contributed by atoms with Gasteiger partial charge in [0.2, 0.25) is 0 Å². The van der Waals surface area contributed by atoms with Crippen molar-refractivity contribution in [3.63, 3.8) is 0 Å². The van der Waals surface area contributed by atoms with Crippen LogP contribution in [0.2, 0.25) is 0 Å². The SMILES string of the molecule is CC(C)(C)C(=O)/C(C#N)=C\c1cc([N+](=O)[O-])ccc1Sc1nc2ccccc2s1. The molecule has 0 radical (unpaired) electrons. The molecule has 6 nitrogen and oxygen atoms in total. The number of hydrogen-bond donors (Lipinski definition) is 0. The summed E-state index contributed by atoms with van der Waals surface area (Å²) in [6.45, 7) is 5.18. The van der Waals surface area contributed by atoms with Gasteiger partial charge in [-0.2, -0.15) is 5.26 Å². The summed E-state index contributed by atoms with van der Waals surface area (Å²) in [6.07, 6.45) is 1.43. The van der Waals surface area contributed by atoms with Gasteiger partial charge in [-0.05, 0) is 29.8 Å². The first-order valence-corrected chi connectivity index (χ1v) is 10.3. The quantitative estimate of drug-likeness (QED) is 0.220. The third-order valence-corrected chi connectivity index (χ3v) is 6.21. The van der Waals surface area contributed by atoms with Crippen LogP contribution in [0.25, 0.3) is 16.3 Å². The summed E-state index contributed by atoms with van der Waals surface area (Å²) in [4.78, 5) is 28.5. The number of allylic oxidation sites excluding steroid dienone is 1. The van der Waals surface area contributed by atoms with Crippen LogP contribution in [0.15, 0.2) is 57.3 Å². The normalized spacial score (nSPS) is 12.0. The number of ketones is 1. The van der Waals surface area contributed by atoms with Crippen molar-refractivity contribution < 1.29 is 9.72 Å². The Bertz CT molecular complexity index is 1150. The lowest BCUT2D eigenvalue weighted by atomic mass is 9.86. The zero-order valence-electron chi connectivity index (χ0n) is 16.0. The maximum Gasteiger partial charge on any atom is 0.270 e. The fourth-order valence-corrected chi connectivity index (χ4v) is 4.66. The first-order chi connectivity index (χ1) is 13.7. The number of carbonyl (C=O) groups excluding carboxylic acids is 1. The number of Topliss-reactive ketones (excluding diaryl/α,β-unsaturated/α-hetero) is 1. The number of aromatic nitrogens is 1. The minimum atomic E-state index is -0.734. The predicted molar refractivity (Wildman–Crippen MR) is 115 cm³/mol. The van der Waals surface area contributed by atoms with Gasteiger partial charge in [0.25, 0.3) is 5.69 Å². The van der Waals surface area contributed by atoms with E-state index >= 15 is 0 Å². The van der Waals surface area contributed by atoms with E-state index < -0.39 is 10.3 Å². The van der Waals surface area contributed by atoms with E-state index in [1.54, 1.807) is 26.8 Å². The van der Waals surface area contributed by atoms with Gasteiger partial charge in [0.15, 0.2) is 10.1 Å². The molecule has 1 heterocycles. The minimum Gasteiger partial charge on any atom is -0.293 e. The fraction of sp³-hybridized carbons (Fsp3) is 0.190. The van der Waals surface area contributed by atoms with Crippen molar-refractivity contribution in [2.24, 2.45) is 5.41 Å². The molecule has 29 heavy (non-hydrogen) atoms. The van der Waals surface area contributed by atoms with Gasteiger partial charge in [0.05, 0.1) is 20.7 Å². The number of nitro groups is 1. The van der Waals surface area contributed by atoms with Crippen LogP contribution < -0.4 is 0 Å². The van der Waals surface area contributed by atoms with Crippen LogP contribution in [0.3, 0.4) is 0 Å². The van der Waals surface area contributed by atoms with E-state index in [-0.39, 0.29) is 17.0 Å². The van der Waals surface area contributed by atoms with Gasteiger partial charge in [-0.25, -0.2) is 4.98 Å². The van der Waals surface area contributed by atoms with Crippen molar-refractivity contribution in [3.8, 4) is 6.07 Å². The third-order valence-electron chi connectivity index (χ3n) is 4.02. The summed E-state index contributed by atoms with van der Waals surface area (Å²) in [5.74, 6) is -0.317. The highest BCUT2D eigenvalue weighted by atomic mass is 32.2. The number of thiazole rings is 1. The van der Waals surface area contributed by atoms with Gasteiger partial charge in [0.1, 0.15) is 6.07 Å². The molecule has 0 saturated carbocycles. The van der Waals surface area contributed by atoms with Crippen molar-refractivity contribution in [2.45, 2.75) is 30.0 Å². The Kier molecular flexibility index (Phi) is 5.82. The molecule has 0 amide bonds. The number of nitrogens with zero attached hydrogens (tertiary/aromatic N) is 3. The minimum absolute atomic E-state index is 0.0378. The number of rotatable bonds is 5. The van der Waals surface area contributed by atoms with Crippen molar-refractivity contribution in [1.82, 2.24) is 4.98 Å². The molecule has 1 aromatic heterocycles. The highest BCUT2D eigenvalue weighted by molar-refractivity contribution is 8.01. The van der Waals surface area contributed by atoms with Crippen LogP contribution in [0.1, 0.15) is 26.3 Å². The molecule has 8 heteroatoms. The smallest absolute Gasteiger partial charge is 0.270 e. The van der Waals surface area contributed by atoms with E-state index in [1.165, 1.54) is 41.3 Å². The number of para-hydroxylation sites is 1. The molecule has 0 aliphatic heterocycles. The van der Waals surface area contributed by atoms with Crippen molar-refractivity contribution in [1.29, 1.82) is 5.26 Å². The molecule has 0 bridgehead atoms. The molecule has 0 unspecified atom stereocenters. The summed E-state index contributed by atoms with van der Waals surface area (Å²) < 4.78 is 1.81. The molecule has 146 valence electrons. The van der Waals surface area contributed by atoms with Crippen molar-refractivity contribution in [3.05, 3.63) is 63.7 Å².